The van der Waals surface area contributed by atoms with Gasteiger partial charge >= 0.3 is 0 Å². The molecule has 0 fully saturated rings. The minimum Gasteiger partial charge on any atom is -0.389 e. The van der Waals surface area contributed by atoms with Gasteiger partial charge in [-0.15, -0.1) is 0 Å². The van der Waals surface area contributed by atoms with Crippen molar-refractivity contribution in [2.45, 2.75) is 52.4 Å². The van der Waals surface area contributed by atoms with Crippen LogP contribution in [0.1, 0.15) is 62.5 Å². The predicted molar refractivity (Wildman–Crippen MR) is 137 cm³/mol. The second kappa shape index (κ2) is 9.49. The molecule has 0 aliphatic heterocycles. The van der Waals surface area contributed by atoms with Gasteiger partial charge in [-0.3, -0.25) is 4.98 Å². The molecule has 2 aromatic heterocycles. The number of nitrogens with zero attached hydrogens (tertiary/aromatic N) is 3. The highest BCUT2D eigenvalue weighted by atomic mass is 35.5. The maximum Gasteiger partial charge on any atom is 0.159 e. The number of anilines is 1. The molecule has 2 atom stereocenters. The number of hydrogen-bond acceptors (Lipinski definition) is 6. The number of aliphatic hydroxyl groups is 2. The standard InChI is InChI=1S/C27H28ClFN4O2/c1-14(20-10-17(16(3)34)6-8-22(20)29)33-25-21-11-18(7-9-23(21)32-15(2)24(25)28)19-12-30-26(31-13-19)27(4,5)35/h6-14,16,34-35H,1-5H3,(H,32,33). The van der Waals surface area contributed by atoms with E-state index >= 15 is 0 Å². The average Bonchev–Trinajstić information content (AvgIpc) is 2.81. The summed E-state index contributed by atoms with van der Waals surface area (Å²) in [5.74, 6) is -0.0367. The summed E-state index contributed by atoms with van der Waals surface area (Å²) in [6, 6.07) is 9.92. The Morgan fingerprint density at radius 1 is 1.03 bits per heavy atom. The fourth-order valence-corrected chi connectivity index (χ4v) is 4.12. The van der Waals surface area contributed by atoms with Gasteiger partial charge in [0.2, 0.25) is 0 Å². The van der Waals surface area contributed by atoms with Gasteiger partial charge in [-0.05, 0) is 70.0 Å². The molecule has 0 bridgehead atoms. The molecule has 182 valence electrons. The molecule has 4 rings (SSSR count). The van der Waals surface area contributed by atoms with Gasteiger partial charge in [0.05, 0.1) is 34.1 Å². The van der Waals surface area contributed by atoms with Crippen molar-refractivity contribution in [3.8, 4) is 11.1 Å². The van der Waals surface area contributed by atoms with Gasteiger partial charge in [0, 0.05) is 28.9 Å². The van der Waals surface area contributed by atoms with Gasteiger partial charge < -0.3 is 15.5 Å². The van der Waals surface area contributed by atoms with Crippen molar-refractivity contribution in [2.24, 2.45) is 0 Å². The molecule has 2 unspecified atom stereocenters. The molecule has 0 saturated heterocycles. The highest BCUT2D eigenvalue weighted by molar-refractivity contribution is 6.35. The summed E-state index contributed by atoms with van der Waals surface area (Å²) in [4.78, 5) is 13.2. The molecule has 35 heavy (non-hydrogen) atoms. The molecular formula is C27H28ClFN4O2. The minimum absolute atomic E-state index is 0.333. The molecule has 0 amide bonds. The van der Waals surface area contributed by atoms with Gasteiger partial charge in [-0.25, -0.2) is 14.4 Å². The van der Waals surface area contributed by atoms with Crippen molar-refractivity contribution in [1.82, 2.24) is 15.0 Å². The summed E-state index contributed by atoms with van der Waals surface area (Å²) in [6.45, 7) is 8.57. The summed E-state index contributed by atoms with van der Waals surface area (Å²) < 4.78 is 14.7. The van der Waals surface area contributed by atoms with Gasteiger partial charge in [0.25, 0.3) is 0 Å². The molecule has 0 radical (unpaired) electrons. The van der Waals surface area contributed by atoms with E-state index in [0.29, 0.717) is 33.4 Å². The zero-order valence-electron chi connectivity index (χ0n) is 20.3. The van der Waals surface area contributed by atoms with Gasteiger partial charge in [0.15, 0.2) is 5.82 Å². The number of halogens is 2. The lowest BCUT2D eigenvalue weighted by molar-refractivity contribution is 0.0687. The molecule has 0 aliphatic rings. The SMILES string of the molecule is Cc1nc2ccc(-c3cnc(C(C)(C)O)nc3)cc2c(NC(C)c2cc(C(C)O)ccc2F)c1Cl. The predicted octanol–water partition coefficient (Wildman–Crippen LogP) is 6.25. The van der Waals surface area contributed by atoms with Crippen LogP contribution in [0.5, 0.6) is 0 Å². The van der Waals surface area contributed by atoms with Crippen LogP contribution in [0.2, 0.25) is 5.02 Å². The van der Waals surface area contributed by atoms with Gasteiger partial charge in [-0.2, -0.15) is 0 Å². The number of pyridine rings is 1. The summed E-state index contributed by atoms with van der Waals surface area (Å²) in [6.07, 6.45) is 2.62. The lowest BCUT2D eigenvalue weighted by Crippen LogP contribution is -2.19. The lowest BCUT2D eigenvalue weighted by Gasteiger charge is -2.21. The Morgan fingerprint density at radius 3 is 2.34 bits per heavy atom. The van der Waals surface area contributed by atoms with Gasteiger partial charge in [0.1, 0.15) is 11.4 Å². The smallest absolute Gasteiger partial charge is 0.159 e. The van der Waals surface area contributed by atoms with Gasteiger partial charge in [-0.1, -0.05) is 23.7 Å². The molecule has 0 aliphatic carbocycles. The van der Waals surface area contributed by atoms with E-state index in [1.807, 2.05) is 32.0 Å². The molecule has 2 heterocycles. The van der Waals surface area contributed by atoms with Crippen molar-refractivity contribution < 1.29 is 14.6 Å². The van der Waals surface area contributed by atoms with Crippen molar-refractivity contribution in [3.05, 3.63) is 82.3 Å². The second-order valence-corrected chi connectivity index (χ2v) is 9.67. The topological polar surface area (TPSA) is 91.2 Å². The highest BCUT2D eigenvalue weighted by Crippen LogP contribution is 2.37. The van der Waals surface area contributed by atoms with Crippen molar-refractivity contribution in [1.29, 1.82) is 0 Å². The maximum absolute atomic E-state index is 14.7. The summed E-state index contributed by atoms with van der Waals surface area (Å²) in [7, 11) is 0. The lowest BCUT2D eigenvalue weighted by atomic mass is 10.0. The third kappa shape index (κ3) is 5.12. The zero-order chi connectivity index (χ0) is 25.5. The molecule has 2 aromatic carbocycles. The molecule has 0 spiro atoms. The first kappa shape index (κ1) is 25.0. The summed E-state index contributed by atoms with van der Waals surface area (Å²) >= 11 is 6.68. The van der Waals surface area contributed by atoms with E-state index in [1.54, 1.807) is 45.3 Å². The number of hydrogen-bond donors (Lipinski definition) is 3. The molecule has 6 nitrogen and oxygen atoms in total. The van der Waals surface area contributed by atoms with E-state index in [1.165, 1.54) is 6.07 Å². The van der Waals surface area contributed by atoms with E-state index < -0.39 is 17.7 Å². The molecular weight excluding hydrogens is 467 g/mol. The van der Waals surface area contributed by atoms with Crippen LogP contribution in [-0.4, -0.2) is 25.2 Å². The normalized spacial score (nSPS) is 13.6. The van der Waals surface area contributed by atoms with E-state index in [0.717, 1.165) is 22.0 Å². The second-order valence-electron chi connectivity index (χ2n) is 9.30. The summed E-state index contributed by atoms with van der Waals surface area (Å²) in [5, 5.41) is 24.6. The van der Waals surface area contributed by atoms with E-state index in [9.17, 15) is 14.6 Å². The van der Waals surface area contributed by atoms with E-state index in [-0.39, 0.29) is 5.82 Å². The Kier molecular flexibility index (Phi) is 6.77. The molecule has 3 N–H and O–H groups in total. The van der Waals surface area contributed by atoms with Crippen molar-refractivity contribution in [3.63, 3.8) is 0 Å². The minimum atomic E-state index is -1.13. The number of aliphatic hydroxyl groups excluding tert-OH is 1. The Labute approximate surface area is 208 Å². The van der Waals surface area contributed by atoms with E-state index in [2.05, 4.69) is 20.3 Å². The number of benzene rings is 2. The number of nitrogens with one attached hydrogen (secondary N) is 1. The van der Waals surface area contributed by atoms with Crippen LogP contribution in [-0.2, 0) is 5.60 Å². The first-order valence-corrected chi connectivity index (χ1v) is 11.7. The van der Waals surface area contributed by atoms with Crippen LogP contribution >= 0.6 is 11.6 Å². The van der Waals surface area contributed by atoms with Crippen LogP contribution in [0.15, 0.2) is 48.8 Å². The number of aryl methyl sites for hydroxylation is 1. The zero-order valence-corrected chi connectivity index (χ0v) is 21.0. The fraction of sp³-hybridized carbons (Fsp3) is 0.296. The third-order valence-corrected chi connectivity index (χ3v) is 6.42. The first-order valence-electron chi connectivity index (χ1n) is 11.3. The number of fused-ring (bicyclic) bond motifs is 1. The number of rotatable bonds is 6. The van der Waals surface area contributed by atoms with Crippen LogP contribution < -0.4 is 5.32 Å². The van der Waals surface area contributed by atoms with Crippen LogP contribution in [0, 0.1) is 12.7 Å². The Morgan fingerprint density at radius 2 is 1.71 bits per heavy atom. The Balaban J connectivity index is 1.77. The first-order chi connectivity index (χ1) is 16.5. The average molecular weight is 495 g/mol. The molecule has 8 heteroatoms. The van der Waals surface area contributed by atoms with E-state index in [4.69, 9.17) is 11.6 Å². The third-order valence-electron chi connectivity index (χ3n) is 5.95. The highest BCUT2D eigenvalue weighted by Gasteiger charge is 2.20. The van der Waals surface area contributed by atoms with Crippen molar-refractivity contribution >= 4 is 28.2 Å². The van der Waals surface area contributed by atoms with Crippen LogP contribution in [0.3, 0.4) is 0 Å². The quantitative estimate of drug-likeness (QED) is 0.293. The fourth-order valence-electron chi connectivity index (χ4n) is 3.92. The Bertz CT molecular complexity index is 1390. The molecule has 4 aromatic rings. The summed E-state index contributed by atoms with van der Waals surface area (Å²) in [5.41, 5.74) is 3.56. The van der Waals surface area contributed by atoms with Crippen LogP contribution in [0.4, 0.5) is 10.1 Å². The van der Waals surface area contributed by atoms with Crippen molar-refractivity contribution in [2.75, 3.05) is 5.32 Å². The molecule has 0 saturated carbocycles. The van der Waals surface area contributed by atoms with Crippen LogP contribution in [0.25, 0.3) is 22.0 Å². The maximum atomic E-state index is 14.7. The monoisotopic (exact) mass is 494 g/mol. The number of aromatic nitrogens is 3. The largest absolute Gasteiger partial charge is 0.389 e. The Hall–Kier alpha value is -3.13.